The van der Waals surface area contributed by atoms with Crippen LogP contribution in [0.4, 0.5) is 4.79 Å². The Bertz CT molecular complexity index is 359. The summed E-state index contributed by atoms with van der Waals surface area (Å²) in [5.41, 5.74) is 0. The third kappa shape index (κ3) is 4.51. The maximum atomic E-state index is 11.6. The van der Waals surface area contributed by atoms with Crippen LogP contribution in [0.5, 0.6) is 0 Å². The summed E-state index contributed by atoms with van der Waals surface area (Å²) < 4.78 is 0. The number of imide groups is 1. The minimum Gasteiger partial charge on any atom is -0.480 e. The van der Waals surface area contributed by atoms with Crippen molar-refractivity contribution >= 4 is 17.9 Å². The van der Waals surface area contributed by atoms with E-state index in [1.807, 2.05) is 6.92 Å². The molecule has 108 valence electrons. The van der Waals surface area contributed by atoms with Gasteiger partial charge in [-0.15, -0.1) is 0 Å². The molecule has 0 aromatic heterocycles. The van der Waals surface area contributed by atoms with Gasteiger partial charge in [0.05, 0.1) is 6.54 Å². The van der Waals surface area contributed by atoms with E-state index in [1.165, 1.54) is 7.05 Å². The number of carboxylic acid groups (broad SMARTS) is 1. The van der Waals surface area contributed by atoms with Crippen molar-refractivity contribution in [2.75, 3.05) is 20.1 Å². The van der Waals surface area contributed by atoms with E-state index in [9.17, 15) is 19.5 Å². The van der Waals surface area contributed by atoms with Crippen LogP contribution in [0, 0.1) is 5.92 Å². The number of nitrogens with one attached hydrogen (secondary N) is 2. The number of aliphatic carboxylic acids is 1. The number of hydrogen-bond donors (Lipinski definition) is 3. The molecule has 0 aromatic rings. The van der Waals surface area contributed by atoms with Crippen LogP contribution in [0.1, 0.15) is 26.2 Å². The van der Waals surface area contributed by atoms with E-state index in [-0.39, 0.29) is 6.54 Å². The quantitative estimate of drug-likeness (QED) is 0.669. The summed E-state index contributed by atoms with van der Waals surface area (Å²) in [6, 6.07) is -1.23. The van der Waals surface area contributed by atoms with Gasteiger partial charge < -0.3 is 10.4 Å². The van der Waals surface area contributed by atoms with Gasteiger partial charge in [0.1, 0.15) is 6.04 Å². The van der Waals surface area contributed by atoms with E-state index >= 15 is 0 Å². The molecule has 1 fully saturated rings. The van der Waals surface area contributed by atoms with E-state index in [0.29, 0.717) is 18.9 Å². The van der Waals surface area contributed by atoms with E-state index in [1.54, 1.807) is 4.90 Å². The lowest BCUT2D eigenvalue weighted by molar-refractivity contribution is -0.146. The Balaban J connectivity index is 2.58. The molecule has 19 heavy (non-hydrogen) atoms. The van der Waals surface area contributed by atoms with Gasteiger partial charge in [0.2, 0.25) is 5.91 Å². The predicted octanol–water partition coefficient (Wildman–Crippen LogP) is 0.0172. The monoisotopic (exact) mass is 271 g/mol. The lowest BCUT2D eigenvalue weighted by Gasteiger charge is -2.36. The molecule has 1 saturated heterocycles. The summed E-state index contributed by atoms with van der Waals surface area (Å²) in [5.74, 6) is -1.01. The molecule has 1 aliphatic heterocycles. The third-order valence-corrected chi connectivity index (χ3v) is 3.51. The number of carbonyl (C=O) groups is 3. The van der Waals surface area contributed by atoms with Crippen LogP contribution in [0.15, 0.2) is 0 Å². The average molecular weight is 271 g/mol. The number of urea groups is 1. The Hall–Kier alpha value is -1.63. The van der Waals surface area contributed by atoms with Crippen LogP contribution in [0.25, 0.3) is 0 Å². The molecule has 0 aliphatic carbocycles. The first-order valence-corrected chi connectivity index (χ1v) is 6.46. The van der Waals surface area contributed by atoms with Crippen LogP contribution in [0.3, 0.4) is 0 Å². The zero-order chi connectivity index (χ0) is 14.4. The van der Waals surface area contributed by atoms with E-state index < -0.39 is 23.9 Å². The topological polar surface area (TPSA) is 98.7 Å². The molecule has 2 atom stereocenters. The number of rotatable bonds is 4. The number of nitrogens with zero attached hydrogens (tertiary/aromatic N) is 1. The Labute approximate surface area is 112 Å². The van der Waals surface area contributed by atoms with Crippen molar-refractivity contribution in [2.45, 2.75) is 32.2 Å². The van der Waals surface area contributed by atoms with Gasteiger partial charge in [-0.05, 0) is 25.3 Å². The Morgan fingerprint density at radius 1 is 1.37 bits per heavy atom. The zero-order valence-electron chi connectivity index (χ0n) is 11.3. The second-order valence-corrected chi connectivity index (χ2v) is 4.75. The minimum absolute atomic E-state index is 0.0686. The molecule has 1 rings (SSSR count). The molecule has 0 saturated carbocycles. The highest BCUT2D eigenvalue weighted by molar-refractivity contribution is 5.95. The molecule has 3 N–H and O–H groups in total. The number of carboxylic acids is 1. The van der Waals surface area contributed by atoms with Crippen molar-refractivity contribution in [2.24, 2.45) is 5.92 Å². The highest BCUT2D eigenvalue weighted by Crippen LogP contribution is 2.25. The largest absolute Gasteiger partial charge is 0.480 e. The van der Waals surface area contributed by atoms with Crippen molar-refractivity contribution in [1.29, 1.82) is 0 Å². The van der Waals surface area contributed by atoms with Gasteiger partial charge in [-0.2, -0.15) is 0 Å². The fraction of sp³-hybridized carbons (Fsp3) is 0.750. The number of carbonyl (C=O) groups excluding carboxylic acids is 2. The highest BCUT2D eigenvalue weighted by Gasteiger charge is 2.33. The molecule has 0 radical (unpaired) electrons. The molecule has 0 spiro atoms. The Morgan fingerprint density at radius 2 is 2.05 bits per heavy atom. The third-order valence-electron chi connectivity index (χ3n) is 3.51. The normalized spacial score (nSPS) is 23.7. The molecule has 3 amide bonds. The van der Waals surface area contributed by atoms with Crippen molar-refractivity contribution in [1.82, 2.24) is 15.5 Å². The summed E-state index contributed by atoms with van der Waals surface area (Å²) in [7, 11) is 1.41. The van der Waals surface area contributed by atoms with Gasteiger partial charge in [0.15, 0.2) is 0 Å². The number of likely N-dealkylation sites (tertiary alicyclic amines) is 1. The number of piperidine rings is 1. The Kier molecular flexibility index (Phi) is 5.75. The minimum atomic E-state index is -0.911. The van der Waals surface area contributed by atoms with E-state index in [4.69, 9.17) is 0 Å². The maximum Gasteiger partial charge on any atom is 0.321 e. The van der Waals surface area contributed by atoms with Crippen LogP contribution >= 0.6 is 0 Å². The predicted molar refractivity (Wildman–Crippen MR) is 68.6 cm³/mol. The summed E-state index contributed by atoms with van der Waals surface area (Å²) in [5, 5.41) is 13.6. The molecular weight excluding hydrogens is 250 g/mol. The Morgan fingerprint density at radius 3 is 2.58 bits per heavy atom. The van der Waals surface area contributed by atoms with Crippen LogP contribution in [-0.2, 0) is 9.59 Å². The first-order chi connectivity index (χ1) is 8.97. The average Bonchev–Trinajstić information content (AvgIpc) is 2.38. The second-order valence-electron chi connectivity index (χ2n) is 4.75. The molecule has 1 aliphatic rings. The van der Waals surface area contributed by atoms with Crippen LogP contribution in [-0.4, -0.2) is 54.1 Å². The standard InChI is InChI=1S/C12H21N3O4/c1-3-8-4-5-15(9(6-8)11(17)18)7-10(16)14-12(19)13-2/h8-9H,3-7H2,1-2H3,(H,17,18)(H2,13,14,16,19). The zero-order valence-corrected chi connectivity index (χ0v) is 11.3. The molecular formula is C12H21N3O4. The lowest BCUT2D eigenvalue weighted by Crippen LogP contribution is -2.52. The highest BCUT2D eigenvalue weighted by atomic mass is 16.4. The molecule has 7 nitrogen and oxygen atoms in total. The smallest absolute Gasteiger partial charge is 0.321 e. The van der Waals surface area contributed by atoms with Crippen molar-refractivity contribution in [3.05, 3.63) is 0 Å². The summed E-state index contributed by atoms with van der Waals surface area (Å²) in [6.07, 6.45) is 2.38. The summed E-state index contributed by atoms with van der Waals surface area (Å²) in [6.45, 7) is 2.54. The van der Waals surface area contributed by atoms with Crippen LogP contribution < -0.4 is 10.6 Å². The van der Waals surface area contributed by atoms with E-state index in [2.05, 4.69) is 10.6 Å². The van der Waals surface area contributed by atoms with Crippen molar-refractivity contribution in [3.63, 3.8) is 0 Å². The number of amides is 3. The SMILES string of the molecule is CCC1CCN(CC(=O)NC(=O)NC)C(C(=O)O)C1. The van der Waals surface area contributed by atoms with Crippen molar-refractivity contribution in [3.8, 4) is 0 Å². The fourth-order valence-electron chi connectivity index (χ4n) is 2.32. The van der Waals surface area contributed by atoms with Crippen molar-refractivity contribution < 1.29 is 19.5 Å². The fourth-order valence-corrected chi connectivity index (χ4v) is 2.32. The van der Waals surface area contributed by atoms with Crippen LogP contribution in [0.2, 0.25) is 0 Å². The first kappa shape index (κ1) is 15.4. The molecule has 0 aromatic carbocycles. The summed E-state index contributed by atoms with van der Waals surface area (Å²) in [4.78, 5) is 35.4. The maximum absolute atomic E-state index is 11.6. The van der Waals surface area contributed by atoms with Gasteiger partial charge in [0.25, 0.3) is 0 Å². The number of hydrogen-bond acceptors (Lipinski definition) is 4. The summed E-state index contributed by atoms with van der Waals surface area (Å²) >= 11 is 0. The molecule has 0 bridgehead atoms. The lowest BCUT2D eigenvalue weighted by atomic mass is 9.89. The molecule has 2 unspecified atom stereocenters. The molecule has 7 heteroatoms. The van der Waals surface area contributed by atoms with Gasteiger partial charge >= 0.3 is 12.0 Å². The molecule has 1 heterocycles. The van der Waals surface area contributed by atoms with Gasteiger partial charge in [-0.25, -0.2) is 4.79 Å². The van der Waals surface area contributed by atoms with Gasteiger partial charge in [-0.3, -0.25) is 19.8 Å². The van der Waals surface area contributed by atoms with Gasteiger partial charge in [-0.1, -0.05) is 13.3 Å². The van der Waals surface area contributed by atoms with E-state index in [0.717, 1.165) is 12.8 Å². The first-order valence-electron chi connectivity index (χ1n) is 6.46. The van der Waals surface area contributed by atoms with Gasteiger partial charge in [0, 0.05) is 7.05 Å². The second kappa shape index (κ2) is 7.08.